The third-order valence-electron chi connectivity index (χ3n) is 2.30. The van der Waals surface area contributed by atoms with Crippen LogP contribution in [0.5, 0.6) is 0 Å². The topological polar surface area (TPSA) is 70.2 Å². The Bertz CT molecular complexity index is 401. The minimum absolute atomic E-state index is 0.0948. The van der Waals surface area contributed by atoms with E-state index >= 15 is 0 Å². The van der Waals surface area contributed by atoms with Gasteiger partial charge in [0, 0.05) is 17.8 Å². The molecule has 0 aliphatic rings. The highest BCUT2D eigenvalue weighted by Gasteiger charge is 2.05. The van der Waals surface area contributed by atoms with Gasteiger partial charge in [-0.3, -0.25) is 9.59 Å². The van der Waals surface area contributed by atoms with Gasteiger partial charge in [-0.05, 0) is 37.7 Å². The molecule has 0 unspecified atom stereocenters. The Morgan fingerprint density at radius 3 is 2.28 bits per heavy atom. The normalized spacial score (nSPS) is 9.89. The van der Waals surface area contributed by atoms with E-state index in [1.54, 1.807) is 24.3 Å². The molecule has 0 atom stereocenters. The number of rotatable bonds is 6. The lowest BCUT2D eigenvalue weighted by atomic mass is 10.2. The van der Waals surface area contributed by atoms with Gasteiger partial charge in [0.1, 0.15) is 0 Å². The van der Waals surface area contributed by atoms with E-state index in [2.05, 4.69) is 16.0 Å². The van der Waals surface area contributed by atoms with Gasteiger partial charge < -0.3 is 16.0 Å². The van der Waals surface area contributed by atoms with Gasteiger partial charge >= 0.3 is 0 Å². The first-order chi connectivity index (χ1) is 8.67. The van der Waals surface area contributed by atoms with E-state index in [1.165, 1.54) is 0 Å². The minimum Gasteiger partial charge on any atom is -0.352 e. The lowest BCUT2D eigenvalue weighted by Gasteiger charge is -2.07. The van der Waals surface area contributed by atoms with Crippen LogP contribution in [-0.4, -0.2) is 31.4 Å². The molecule has 98 valence electrons. The van der Waals surface area contributed by atoms with Crippen LogP contribution in [0.2, 0.25) is 0 Å². The van der Waals surface area contributed by atoms with E-state index in [9.17, 15) is 9.59 Å². The smallest absolute Gasteiger partial charge is 0.251 e. The third kappa shape index (κ3) is 4.55. The summed E-state index contributed by atoms with van der Waals surface area (Å²) in [5.74, 6) is -0.203. The van der Waals surface area contributed by atoms with Crippen LogP contribution >= 0.6 is 0 Å². The van der Waals surface area contributed by atoms with Crippen LogP contribution in [0.25, 0.3) is 0 Å². The molecule has 5 nitrogen and oxygen atoms in total. The van der Waals surface area contributed by atoms with E-state index in [-0.39, 0.29) is 18.4 Å². The zero-order valence-electron chi connectivity index (χ0n) is 10.7. The quantitative estimate of drug-likeness (QED) is 0.704. The third-order valence-corrected chi connectivity index (χ3v) is 2.30. The Balaban J connectivity index is 2.55. The fourth-order valence-corrected chi connectivity index (χ4v) is 1.41. The number of anilines is 1. The van der Waals surface area contributed by atoms with Crippen LogP contribution in [0.1, 0.15) is 24.2 Å². The fourth-order valence-electron chi connectivity index (χ4n) is 1.41. The van der Waals surface area contributed by atoms with Gasteiger partial charge in [0.15, 0.2) is 0 Å². The van der Waals surface area contributed by atoms with Crippen LogP contribution in [0, 0.1) is 0 Å². The molecule has 1 aromatic carbocycles. The van der Waals surface area contributed by atoms with Crippen LogP contribution in [-0.2, 0) is 4.79 Å². The van der Waals surface area contributed by atoms with Crippen molar-refractivity contribution in [3.05, 3.63) is 29.8 Å². The molecule has 0 fully saturated rings. The highest BCUT2D eigenvalue weighted by molar-refractivity contribution is 5.96. The maximum atomic E-state index is 11.5. The molecule has 5 heteroatoms. The Morgan fingerprint density at radius 1 is 1.06 bits per heavy atom. The Morgan fingerprint density at radius 2 is 1.72 bits per heavy atom. The lowest BCUT2D eigenvalue weighted by Crippen LogP contribution is -2.27. The first-order valence-corrected chi connectivity index (χ1v) is 6.06. The van der Waals surface area contributed by atoms with Gasteiger partial charge in [-0.2, -0.15) is 0 Å². The van der Waals surface area contributed by atoms with Crippen molar-refractivity contribution in [2.75, 3.05) is 25.0 Å². The number of likely N-dealkylation sites (N-methyl/N-ethyl adjacent to an activating group) is 1. The Kier molecular flexibility index (Phi) is 5.87. The average Bonchev–Trinajstić information content (AvgIpc) is 2.37. The molecule has 0 aromatic heterocycles. The summed E-state index contributed by atoms with van der Waals surface area (Å²) in [4.78, 5) is 23.0. The number of hydrogen-bond donors (Lipinski definition) is 3. The molecular formula is C13H19N3O2. The van der Waals surface area contributed by atoms with Crippen LogP contribution in [0.3, 0.4) is 0 Å². The zero-order valence-corrected chi connectivity index (χ0v) is 10.7. The van der Waals surface area contributed by atoms with Crippen molar-refractivity contribution >= 4 is 17.5 Å². The van der Waals surface area contributed by atoms with Gasteiger partial charge in [-0.1, -0.05) is 6.92 Å². The maximum Gasteiger partial charge on any atom is 0.251 e. The predicted octanol–water partition coefficient (Wildman–Crippen LogP) is 0.984. The zero-order chi connectivity index (χ0) is 13.4. The standard InChI is InChI=1S/C13H19N3O2/c1-3-14-9-12(17)16-11-7-5-10(6-8-11)13(18)15-4-2/h5-8,14H,3-4,9H2,1-2H3,(H,15,18)(H,16,17). The van der Waals surface area contributed by atoms with Crippen LogP contribution < -0.4 is 16.0 Å². The Labute approximate surface area is 107 Å². The molecule has 0 spiro atoms. The molecule has 0 saturated carbocycles. The summed E-state index contributed by atoms with van der Waals surface area (Å²) in [6, 6.07) is 6.81. The molecule has 0 bridgehead atoms. The van der Waals surface area contributed by atoms with E-state index in [0.717, 1.165) is 6.54 Å². The largest absolute Gasteiger partial charge is 0.352 e. The second-order valence-corrected chi connectivity index (χ2v) is 3.77. The second kappa shape index (κ2) is 7.45. The molecule has 0 aliphatic carbocycles. The van der Waals surface area contributed by atoms with Crippen molar-refractivity contribution in [1.82, 2.24) is 10.6 Å². The number of nitrogens with one attached hydrogen (secondary N) is 3. The molecule has 0 saturated heterocycles. The van der Waals surface area contributed by atoms with E-state index in [1.807, 2.05) is 13.8 Å². The summed E-state index contributed by atoms with van der Waals surface area (Å²) in [6.45, 7) is 5.44. The van der Waals surface area contributed by atoms with Gasteiger partial charge in [-0.15, -0.1) is 0 Å². The first kappa shape index (κ1) is 14.2. The monoisotopic (exact) mass is 249 g/mol. The number of amides is 2. The summed E-state index contributed by atoms with van der Waals surface area (Å²) in [5.41, 5.74) is 1.27. The molecule has 1 aromatic rings. The number of benzene rings is 1. The highest BCUT2D eigenvalue weighted by atomic mass is 16.2. The van der Waals surface area contributed by atoms with Crippen LogP contribution in [0.4, 0.5) is 5.69 Å². The van der Waals surface area contributed by atoms with Crippen LogP contribution in [0.15, 0.2) is 24.3 Å². The van der Waals surface area contributed by atoms with Gasteiger partial charge in [0.2, 0.25) is 5.91 Å². The summed E-state index contributed by atoms with van der Waals surface area (Å²) in [7, 11) is 0. The summed E-state index contributed by atoms with van der Waals surface area (Å²) < 4.78 is 0. The van der Waals surface area contributed by atoms with Crippen molar-refractivity contribution in [3.63, 3.8) is 0 Å². The molecular weight excluding hydrogens is 230 g/mol. The van der Waals surface area contributed by atoms with Gasteiger partial charge in [0.25, 0.3) is 5.91 Å². The maximum absolute atomic E-state index is 11.5. The molecule has 1 rings (SSSR count). The average molecular weight is 249 g/mol. The van der Waals surface area contributed by atoms with E-state index in [0.29, 0.717) is 17.8 Å². The highest BCUT2D eigenvalue weighted by Crippen LogP contribution is 2.09. The number of hydrogen-bond acceptors (Lipinski definition) is 3. The van der Waals surface area contributed by atoms with Crippen molar-refractivity contribution in [1.29, 1.82) is 0 Å². The second-order valence-electron chi connectivity index (χ2n) is 3.77. The van der Waals surface area contributed by atoms with E-state index in [4.69, 9.17) is 0 Å². The predicted molar refractivity (Wildman–Crippen MR) is 71.6 cm³/mol. The number of carbonyl (C=O) groups is 2. The number of carbonyl (C=O) groups excluding carboxylic acids is 2. The molecule has 0 radical (unpaired) electrons. The molecule has 3 N–H and O–H groups in total. The minimum atomic E-state index is -0.108. The van der Waals surface area contributed by atoms with Crippen molar-refractivity contribution in [2.24, 2.45) is 0 Å². The first-order valence-electron chi connectivity index (χ1n) is 6.06. The SMILES string of the molecule is CCNCC(=O)Nc1ccc(C(=O)NCC)cc1. The van der Waals surface area contributed by atoms with Crippen molar-refractivity contribution < 1.29 is 9.59 Å². The summed E-state index contributed by atoms with van der Waals surface area (Å²) >= 11 is 0. The van der Waals surface area contributed by atoms with Crippen molar-refractivity contribution in [2.45, 2.75) is 13.8 Å². The summed E-state index contributed by atoms with van der Waals surface area (Å²) in [6.07, 6.45) is 0. The van der Waals surface area contributed by atoms with Crippen molar-refractivity contribution in [3.8, 4) is 0 Å². The lowest BCUT2D eigenvalue weighted by molar-refractivity contribution is -0.115. The molecule has 2 amide bonds. The molecule has 0 heterocycles. The summed E-state index contributed by atoms with van der Waals surface area (Å²) in [5, 5.41) is 8.39. The van der Waals surface area contributed by atoms with Gasteiger partial charge in [-0.25, -0.2) is 0 Å². The van der Waals surface area contributed by atoms with E-state index < -0.39 is 0 Å². The Hall–Kier alpha value is -1.88. The molecule has 18 heavy (non-hydrogen) atoms. The fraction of sp³-hybridized carbons (Fsp3) is 0.385. The molecule has 0 aliphatic heterocycles. The van der Waals surface area contributed by atoms with Gasteiger partial charge in [0.05, 0.1) is 6.54 Å².